The second kappa shape index (κ2) is 8.52. The van der Waals surface area contributed by atoms with E-state index in [4.69, 9.17) is 9.47 Å². The molecule has 0 aliphatic carbocycles. The number of nitrogens with zero attached hydrogens (tertiary/aromatic N) is 2. The molecule has 0 saturated carbocycles. The molecule has 2 aliphatic heterocycles. The van der Waals surface area contributed by atoms with Crippen LogP contribution in [0.1, 0.15) is 22.3 Å². The molecule has 1 N–H and O–H groups in total. The molecule has 2 aliphatic rings. The van der Waals surface area contributed by atoms with Crippen LogP contribution in [0.2, 0.25) is 0 Å². The molecule has 4 rings (SSSR count). The van der Waals surface area contributed by atoms with Gasteiger partial charge in [-0.15, -0.1) is 0 Å². The third-order valence-electron chi connectivity index (χ3n) is 5.32. The number of hydrogen-bond acceptors (Lipinski definition) is 5. The lowest BCUT2D eigenvalue weighted by molar-refractivity contribution is 0.0946. The van der Waals surface area contributed by atoms with Crippen LogP contribution in [0, 0.1) is 6.92 Å². The summed E-state index contributed by atoms with van der Waals surface area (Å²) >= 11 is 0. The Kier molecular flexibility index (Phi) is 5.67. The highest BCUT2D eigenvalue weighted by Crippen LogP contribution is 2.35. The average molecular weight is 381 g/mol. The number of benzene rings is 2. The molecule has 28 heavy (non-hydrogen) atoms. The van der Waals surface area contributed by atoms with E-state index in [-0.39, 0.29) is 12.7 Å². The standard InChI is InChI=1S/C22H27N3O3/c1-17-5-2-6-18(15-17)25-13-11-24(12-14-25)10-4-9-23-22(26)19-7-3-8-20-21(19)28-16-27-20/h2-3,5-8,15H,4,9-14,16H2,1H3,(H,23,26). The fourth-order valence-electron chi connectivity index (χ4n) is 3.76. The van der Waals surface area contributed by atoms with E-state index in [0.717, 1.165) is 39.1 Å². The summed E-state index contributed by atoms with van der Waals surface area (Å²) in [6.07, 6.45) is 0.933. The van der Waals surface area contributed by atoms with Gasteiger partial charge >= 0.3 is 0 Å². The highest BCUT2D eigenvalue weighted by atomic mass is 16.7. The van der Waals surface area contributed by atoms with Crippen LogP contribution in [0.5, 0.6) is 11.5 Å². The fraction of sp³-hybridized carbons (Fsp3) is 0.409. The smallest absolute Gasteiger partial charge is 0.255 e. The molecule has 2 aromatic carbocycles. The summed E-state index contributed by atoms with van der Waals surface area (Å²) in [4.78, 5) is 17.3. The van der Waals surface area contributed by atoms with E-state index < -0.39 is 0 Å². The Morgan fingerprint density at radius 2 is 1.89 bits per heavy atom. The number of carbonyl (C=O) groups is 1. The average Bonchev–Trinajstić information content (AvgIpc) is 3.20. The lowest BCUT2D eigenvalue weighted by Gasteiger charge is -2.36. The SMILES string of the molecule is Cc1cccc(N2CCN(CCCNC(=O)c3cccc4c3OCO4)CC2)c1. The normalized spacial score (nSPS) is 16.2. The number of carbonyl (C=O) groups excluding carboxylic acids is 1. The van der Waals surface area contributed by atoms with E-state index in [0.29, 0.717) is 23.6 Å². The summed E-state index contributed by atoms with van der Waals surface area (Å²) in [7, 11) is 0. The van der Waals surface area contributed by atoms with Crippen LogP contribution in [-0.2, 0) is 0 Å². The lowest BCUT2D eigenvalue weighted by atomic mass is 10.1. The number of aryl methyl sites for hydroxylation is 1. The van der Waals surface area contributed by atoms with Gasteiger partial charge < -0.3 is 19.7 Å². The summed E-state index contributed by atoms with van der Waals surface area (Å²) in [5.74, 6) is 1.08. The van der Waals surface area contributed by atoms with Crippen molar-refractivity contribution in [2.24, 2.45) is 0 Å². The van der Waals surface area contributed by atoms with E-state index in [1.165, 1.54) is 11.3 Å². The van der Waals surface area contributed by atoms with Crippen molar-refractivity contribution in [1.29, 1.82) is 0 Å². The topological polar surface area (TPSA) is 54.0 Å². The maximum absolute atomic E-state index is 12.4. The molecule has 6 heteroatoms. The van der Waals surface area contributed by atoms with Gasteiger partial charge in [-0.1, -0.05) is 18.2 Å². The van der Waals surface area contributed by atoms with Gasteiger partial charge in [0.25, 0.3) is 5.91 Å². The number of piperazine rings is 1. The molecule has 0 unspecified atom stereocenters. The van der Waals surface area contributed by atoms with Crippen molar-refractivity contribution < 1.29 is 14.3 Å². The maximum atomic E-state index is 12.4. The van der Waals surface area contributed by atoms with E-state index in [2.05, 4.69) is 46.3 Å². The van der Waals surface area contributed by atoms with Gasteiger partial charge in [-0.05, 0) is 49.7 Å². The molecule has 1 saturated heterocycles. The van der Waals surface area contributed by atoms with Crippen LogP contribution in [-0.4, -0.2) is 56.9 Å². The van der Waals surface area contributed by atoms with Crippen molar-refractivity contribution in [2.75, 3.05) is 51.0 Å². The first-order valence-electron chi connectivity index (χ1n) is 9.91. The van der Waals surface area contributed by atoms with Gasteiger partial charge in [0.05, 0.1) is 5.56 Å². The zero-order chi connectivity index (χ0) is 19.3. The largest absolute Gasteiger partial charge is 0.454 e. The second-order valence-corrected chi connectivity index (χ2v) is 7.32. The minimum Gasteiger partial charge on any atom is -0.454 e. The number of hydrogen-bond donors (Lipinski definition) is 1. The van der Waals surface area contributed by atoms with Crippen LogP contribution in [0.4, 0.5) is 5.69 Å². The molecule has 0 atom stereocenters. The molecule has 0 bridgehead atoms. The van der Waals surface area contributed by atoms with Crippen molar-refractivity contribution in [2.45, 2.75) is 13.3 Å². The number of nitrogens with one attached hydrogen (secondary N) is 1. The summed E-state index contributed by atoms with van der Waals surface area (Å²) < 4.78 is 10.7. The number of para-hydroxylation sites is 1. The minimum absolute atomic E-state index is 0.105. The zero-order valence-electron chi connectivity index (χ0n) is 16.3. The van der Waals surface area contributed by atoms with Crippen molar-refractivity contribution in [1.82, 2.24) is 10.2 Å². The van der Waals surface area contributed by atoms with Crippen molar-refractivity contribution >= 4 is 11.6 Å². The molecule has 2 aromatic rings. The van der Waals surface area contributed by atoms with Crippen LogP contribution in [0.25, 0.3) is 0 Å². The van der Waals surface area contributed by atoms with Crippen molar-refractivity contribution in [3.8, 4) is 11.5 Å². The van der Waals surface area contributed by atoms with Gasteiger partial charge in [0.1, 0.15) is 0 Å². The number of anilines is 1. The first kappa shape index (κ1) is 18.6. The number of amides is 1. The third kappa shape index (κ3) is 4.22. The Labute approximate surface area is 166 Å². The van der Waals surface area contributed by atoms with E-state index in [1.54, 1.807) is 6.07 Å². The molecule has 6 nitrogen and oxygen atoms in total. The van der Waals surface area contributed by atoms with E-state index in [1.807, 2.05) is 12.1 Å². The summed E-state index contributed by atoms with van der Waals surface area (Å²) in [5, 5.41) is 3.00. The molecule has 0 aromatic heterocycles. The zero-order valence-corrected chi connectivity index (χ0v) is 16.3. The number of fused-ring (bicyclic) bond motifs is 1. The highest BCUT2D eigenvalue weighted by Gasteiger charge is 2.21. The maximum Gasteiger partial charge on any atom is 0.255 e. The highest BCUT2D eigenvalue weighted by molar-refractivity contribution is 5.97. The van der Waals surface area contributed by atoms with Gasteiger partial charge in [-0.3, -0.25) is 9.69 Å². The Balaban J connectivity index is 1.19. The predicted molar refractivity (Wildman–Crippen MR) is 109 cm³/mol. The quantitative estimate of drug-likeness (QED) is 0.780. The molecule has 148 valence electrons. The van der Waals surface area contributed by atoms with Crippen LogP contribution in [0.15, 0.2) is 42.5 Å². The monoisotopic (exact) mass is 381 g/mol. The van der Waals surface area contributed by atoms with Crippen LogP contribution >= 0.6 is 0 Å². The minimum atomic E-state index is -0.105. The molecular weight excluding hydrogens is 354 g/mol. The van der Waals surface area contributed by atoms with Crippen molar-refractivity contribution in [3.05, 3.63) is 53.6 Å². The fourth-order valence-corrected chi connectivity index (χ4v) is 3.76. The van der Waals surface area contributed by atoms with E-state index >= 15 is 0 Å². The number of ether oxygens (including phenoxy) is 2. The second-order valence-electron chi connectivity index (χ2n) is 7.32. The first-order chi connectivity index (χ1) is 13.7. The molecular formula is C22H27N3O3. The molecule has 0 spiro atoms. The predicted octanol–water partition coefficient (Wildman–Crippen LogP) is 2.67. The lowest BCUT2D eigenvalue weighted by Crippen LogP contribution is -2.47. The Morgan fingerprint density at radius 3 is 2.71 bits per heavy atom. The van der Waals surface area contributed by atoms with Crippen LogP contribution in [0.3, 0.4) is 0 Å². The molecule has 2 heterocycles. The van der Waals surface area contributed by atoms with Crippen molar-refractivity contribution in [3.63, 3.8) is 0 Å². The Bertz CT molecular complexity index is 832. The summed E-state index contributed by atoms with van der Waals surface area (Å²) in [6, 6.07) is 14.1. The Morgan fingerprint density at radius 1 is 1.07 bits per heavy atom. The summed E-state index contributed by atoms with van der Waals surface area (Å²) in [6.45, 7) is 8.16. The number of rotatable bonds is 6. The van der Waals surface area contributed by atoms with Gasteiger partial charge in [-0.25, -0.2) is 0 Å². The van der Waals surface area contributed by atoms with Gasteiger partial charge in [0, 0.05) is 38.4 Å². The summed E-state index contributed by atoms with van der Waals surface area (Å²) in [5.41, 5.74) is 3.16. The van der Waals surface area contributed by atoms with Gasteiger partial charge in [0.15, 0.2) is 11.5 Å². The van der Waals surface area contributed by atoms with Gasteiger partial charge in [-0.2, -0.15) is 0 Å². The van der Waals surface area contributed by atoms with E-state index in [9.17, 15) is 4.79 Å². The molecule has 1 amide bonds. The van der Waals surface area contributed by atoms with Gasteiger partial charge in [0.2, 0.25) is 6.79 Å². The Hall–Kier alpha value is -2.73. The molecule has 1 fully saturated rings. The van der Waals surface area contributed by atoms with Crippen LogP contribution < -0.4 is 19.7 Å². The first-order valence-corrected chi connectivity index (χ1v) is 9.91. The molecule has 0 radical (unpaired) electrons. The third-order valence-corrected chi connectivity index (χ3v) is 5.32.